The van der Waals surface area contributed by atoms with Gasteiger partial charge < -0.3 is 4.90 Å². The molecule has 2 heterocycles. The smallest absolute Gasteiger partial charge is 0.243 e. The van der Waals surface area contributed by atoms with Crippen LogP contribution in [0.3, 0.4) is 0 Å². The molecule has 0 aromatic heterocycles. The topological polar surface area (TPSA) is 60.9 Å². The fourth-order valence-corrected chi connectivity index (χ4v) is 6.02. The lowest BCUT2D eigenvalue weighted by atomic mass is 9.96. The molecule has 172 valence electrons. The number of benzene rings is 2. The Morgan fingerprint density at radius 3 is 2.25 bits per heavy atom. The van der Waals surface area contributed by atoms with Gasteiger partial charge in [0.25, 0.3) is 0 Å². The van der Waals surface area contributed by atoms with Gasteiger partial charge in [-0.2, -0.15) is 4.31 Å². The first kappa shape index (κ1) is 22.9. The SMILES string of the molecule is Cc1cccc(CN2CCN(C(=O)C3CCN(S(=O)(=O)c4ccc(F)cc4)CC3)CC2)c1. The molecule has 0 radical (unpaired) electrons. The summed E-state index contributed by atoms with van der Waals surface area (Å²) in [6, 6.07) is 13.4. The summed E-state index contributed by atoms with van der Waals surface area (Å²) < 4.78 is 40.1. The van der Waals surface area contributed by atoms with Crippen molar-refractivity contribution in [2.24, 2.45) is 5.92 Å². The van der Waals surface area contributed by atoms with Gasteiger partial charge in [-0.15, -0.1) is 0 Å². The number of carbonyl (C=O) groups excluding carboxylic acids is 1. The van der Waals surface area contributed by atoms with E-state index in [1.54, 1.807) is 0 Å². The van der Waals surface area contributed by atoms with Gasteiger partial charge in [0.1, 0.15) is 5.82 Å². The summed E-state index contributed by atoms with van der Waals surface area (Å²) in [5.74, 6) is -0.468. The summed E-state index contributed by atoms with van der Waals surface area (Å²) in [5.41, 5.74) is 2.55. The summed E-state index contributed by atoms with van der Waals surface area (Å²) >= 11 is 0. The lowest BCUT2D eigenvalue weighted by molar-refractivity contribution is -0.138. The monoisotopic (exact) mass is 459 g/mol. The number of piperidine rings is 1. The predicted molar refractivity (Wildman–Crippen MR) is 121 cm³/mol. The fourth-order valence-electron chi connectivity index (χ4n) is 4.55. The van der Waals surface area contributed by atoms with Crippen molar-refractivity contribution < 1.29 is 17.6 Å². The van der Waals surface area contributed by atoms with Crippen LogP contribution < -0.4 is 0 Å². The van der Waals surface area contributed by atoms with Crippen molar-refractivity contribution in [2.75, 3.05) is 39.3 Å². The van der Waals surface area contributed by atoms with E-state index >= 15 is 0 Å². The standard InChI is InChI=1S/C24H30FN3O3S/c1-19-3-2-4-20(17-19)18-26-13-15-27(16-14-26)24(29)21-9-11-28(12-10-21)32(30,31)23-7-5-22(25)6-8-23/h2-8,17,21H,9-16,18H2,1H3. The number of halogens is 1. The highest BCUT2D eigenvalue weighted by molar-refractivity contribution is 7.89. The van der Waals surface area contributed by atoms with E-state index in [0.29, 0.717) is 39.0 Å². The number of nitrogens with zero attached hydrogens (tertiary/aromatic N) is 3. The quantitative estimate of drug-likeness (QED) is 0.690. The zero-order valence-electron chi connectivity index (χ0n) is 18.4. The Labute approximate surface area is 189 Å². The van der Waals surface area contributed by atoms with Crippen molar-refractivity contribution >= 4 is 15.9 Å². The first-order valence-corrected chi connectivity index (χ1v) is 12.6. The Morgan fingerprint density at radius 2 is 1.62 bits per heavy atom. The van der Waals surface area contributed by atoms with Crippen LogP contribution in [0.5, 0.6) is 0 Å². The Balaban J connectivity index is 1.27. The molecule has 2 aliphatic rings. The van der Waals surface area contributed by atoms with Crippen molar-refractivity contribution in [2.45, 2.75) is 31.2 Å². The average Bonchev–Trinajstić information content (AvgIpc) is 2.79. The molecule has 0 spiro atoms. The van der Waals surface area contributed by atoms with Crippen molar-refractivity contribution in [1.29, 1.82) is 0 Å². The molecule has 2 aliphatic heterocycles. The Morgan fingerprint density at radius 1 is 0.969 bits per heavy atom. The molecule has 8 heteroatoms. The van der Waals surface area contributed by atoms with E-state index in [4.69, 9.17) is 0 Å². The van der Waals surface area contributed by atoms with Gasteiger partial charge >= 0.3 is 0 Å². The van der Waals surface area contributed by atoms with Crippen molar-refractivity contribution in [1.82, 2.24) is 14.1 Å². The minimum absolute atomic E-state index is 0.0911. The van der Waals surface area contributed by atoms with Gasteiger partial charge in [0.05, 0.1) is 4.90 Å². The van der Waals surface area contributed by atoms with E-state index in [0.717, 1.165) is 31.8 Å². The molecular formula is C24H30FN3O3S. The van der Waals surface area contributed by atoms with Crippen LogP contribution in [0, 0.1) is 18.7 Å². The van der Waals surface area contributed by atoms with Gasteiger partial charge in [-0.1, -0.05) is 29.8 Å². The highest BCUT2D eigenvalue weighted by atomic mass is 32.2. The minimum Gasteiger partial charge on any atom is -0.340 e. The maximum Gasteiger partial charge on any atom is 0.243 e. The first-order chi connectivity index (χ1) is 15.3. The van der Waals surface area contributed by atoms with Crippen LogP contribution in [0.1, 0.15) is 24.0 Å². The van der Waals surface area contributed by atoms with Gasteiger partial charge in [-0.3, -0.25) is 9.69 Å². The number of aryl methyl sites for hydroxylation is 1. The highest BCUT2D eigenvalue weighted by Gasteiger charge is 2.34. The fraction of sp³-hybridized carbons (Fsp3) is 0.458. The number of carbonyl (C=O) groups is 1. The second kappa shape index (κ2) is 9.68. The second-order valence-corrected chi connectivity index (χ2v) is 10.7. The lowest BCUT2D eigenvalue weighted by Crippen LogP contribution is -2.51. The van der Waals surface area contributed by atoms with Crippen LogP contribution in [0.25, 0.3) is 0 Å². The third-order valence-electron chi connectivity index (χ3n) is 6.43. The number of sulfonamides is 1. The number of rotatable bonds is 5. The van der Waals surface area contributed by atoms with Gasteiger partial charge in [0.15, 0.2) is 0 Å². The van der Waals surface area contributed by atoms with Crippen molar-refractivity contribution in [3.05, 3.63) is 65.5 Å². The molecule has 0 bridgehead atoms. The molecule has 2 aromatic carbocycles. The van der Waals surface area contributed by atoms with Crippen molar-refractivity contribution in [3.63, 3.8) is 0 Å². The van der Waals surface area contributed by atoms with Crippen LogP contribution in [0.2, 0.25) is 0 Å². The Bertz CT molecular complexity index is 1040. The second-order valence-electron chi connectivity index (χ2n) is 8.72. The average molecular weight is 460 g/mol. The Kier molecular flexibility index (Phi) is 6.93. The molecule has 2 fully saturated rings. The lowest BCUT2D eigenvalue weighted by Gasteiger charge is -2.38. The minimum atomic E-state index is -3.66. The Hall–Kier alpha value is -2.29. The molecule has 0 atom stereocenters. The molecule has 0 saturated carbocycles. The van der Waals surface area contributed by atoms with E-state index in [1.165, 1.54) is 27.6 Å². The van der Waals surface area contributed by atoms with Crippen LogP contribution >= 0.6 is 0 Å². The molecule has 2 saturated heterocycles. The van der Waals surface area contributed by atoms with Gasteiger partial charge in [-0.05, 0) is 49.6 Å². The summed E-state index contributed by atoms with van der Waals surface area (Å²) in [4.78, 5) is 17.4. The van der Waals surface area contributed by atoms with Crippen LogP contribution in [-0.4, -0.2) is 67.7 Å². The van der Waals surface area contributed by atoms with Gasteiger partial charge in [-0.25, -0.2) is 12.8 Å². The highest BCUT2D eigenvalue weighted by Crippen LogP contribution is 2.26. The van der Waals surface area contributed by atoms with E-state index in [9.17, 15) is 17.6 Å². The van der Waals surface area contributed by atoms with Gasteiger partial charge in [0, 0.05) is 51.7 Å². The number of amides is 1. The molecule has 32 heavy (non-hydrogen) atoms. The molecule has 2 aromatic rings. The molecule has 1 amide bonds. The van der Waals surface area contributed by atoms with Crippen molar-refractivity contribution in [3.8, 4) is 0 Å². The van der Waals surface area contributed by atoms with Crippen LogP contribution in [-0.2, 0) is 21.4 Å². The van der Waals surface area contributed by atoms with E-state index in [1.807, 2.05) is 4.90 Å². The molecule has 4 rings (SSSR count). The number of hydrogen-bond donors (Lipinski definition) is 0. The third-order valence-corrected chi connectivity index (χ3v) is 8.34. The summed E-state index contributed by atoms with van der Waals surface area (Å²) in [7, 11) is -3.66. The molecule has 0 unspecified atom stereocenters. The van der Waals surface area contributed by atoms with Crippen LogP contribution in [0.4, 0.5) is 4.39 Å². The summed E-state index contributed by atoms with van der Waals surface area (Å²) in [6.45, 7) is 6.71. The molecular weight excluding hydrogens is 429 g/mol. The maximum absolute atomic E-state index is 13.1. The van der Waals surface area contributed by atoms with Gasteiger partial charge in [0.2, 0.25) is 15.9 Å². The molecule has 0 N–H and O–H groups in total. The predicted octanol–water partition coefficient (Wildman–Crippen LogP) is 2.88. The normalized spacial score (nSPS) is 19.2. The van der Waals surface area contributed by atoms with E-state index < -0.39 is 15.8 Å². The first-order valence-electron chi connectivity index (χ1n) is 11.2. The molecule has 6 nitrogen and oxygen atoms in total. The zero-order chi connectivity index (χ0) is 22.7. The summed E-state index contributed by atoms with van der Waals surface area (Å²) in [6.07, 6.45) is 1.03. The molecule has 0 aliphatic carbocycles. The number of piperazine rings is 1. The zero-order valence-corrected chi connectivity index (χ0v) is 19.2. The third kappa shape index (κ3) is 5.19. The summed E-state index contributed by atoms with van der Waals surface area (Å²) in [5, 5.41) is 0. The largest absolute Gasteiger partial charge is 0.340 e. The maximum atomic E-state index is 13.1. The van der Waals surface area contributed by atoms with E-state index in [2.05, 4.69) is 36.1 Å². The number of hydrogen-bond acceptors (Lipinski definition) is 4. The van der Waals surface area contributed by atoms with Crippen LogP contribution in [0.15, 0.2) is 53.4 Å². The van der Waals surface area contributed by atoms with E-state index in [-0.39, 0.29) is 16.7 Å².